The molecular weight excluding hydrogens is 496 g/mol. The average molecular weight is 529 g/mol. The van der Waals surface area contributed by atoms with Crippen LogP contribution in [0.3, 0.4) is 0 Å². The first-order valence-corrected chi connectivity index (χ1v) is 13.4. The summed E-state index contributed by atoms with van der Waals surface area (Å²) >= 11 is 6.48. The highest BCUT2D eigenvalue weighted by Crippen LogP contribution is 2.54. The van der Waals surface area contributed by atoms with E-state index in [1.54, 1.807) is 35.2 Å². The van der Waals surface area contributed by atoms with Gasteiger partial charge in [0.2, 0.25) is 5.91 Å². The summed E-state index contributed by atoms with van der Waals surface area (Å²) in [5.41, 5.74) is -0.858. The number of rotatable bonds is 5. The van der Waals surface area contributed by atoms with Crippen LogP contribution < -0.4 is 4.90 Å². The lowest BCUT2D eigenvalue weighted by atomic mass is 9.78. The van der Waals surface area contributed by atoms with E-state index in [0.29, 0.717) is 23.6 Å². The number of para-hydroxylation sites is 1. The SMILES string of the molecule is CC(C)C[C@H](CO)N1C(=O)[C@@H]2[C@@H]3C(=O)OCCC/C=C\[C@@H]3O[C@@]23C=CCN(c2ccccc2Cl)C(=O)C13. The number of hydrogen-bond donors (Lipinski definition) is 1. The van der Waals surface area contributed by atoms with Crippen LogP contribution in [-0.4, -0.2) is 71.3 Å². The summed E-state index contributed by atoms with van der Waals surface area (Å²) in [7, 11) is 0. The van der Waals surface area contributed by atoms with Gasteiger partial charge in [0.15, 0.2) is 0 Å². The number of aliphatic hydroxyl groups is 1. The average Bonchev–Trinajstić information content (AvgIpc) is 3.28. The van der Waals surface area contributed by atoms with Crippen molar-refractivity contribution < 1.29 is 29.0 Å². The Balaban J connectivity index is 1.66. The van der Waals surface area contributed by atoms with E-state index in [2.05, 4.69) is 0 Å². The largest absolute Gasteiger partial charge is 0.465 e. The van der Waals surface area contributed by atoms with Gasteiger partial charge in [-0.3, -0.25) is 14.4 Å². The van der Waals surface area contributed by atoms with Gasteiger partial charge in [-0.1, -0.05) is 61.9 Å². The Kier molecular flexibility index (Phi) is 7.18. The van der Waals surface area contributed by atoms with E-state index < -0.39 is 41.6 Å². The highest BCUT2D eigenvalue weighted by atomic mass is 35.5. The normalized spacial score (nSPS) is 33.2. The molecule has 4 aliphatic heterocycles. The second-order valence-corrected chi connectivity index (χ2v) is 11.0. The predicted molar refractivity (Wildman–Crippen MR) is 138 cm³/mol. The summed E-state index contributed by atoms with van der Waals surface area (Å²) in [5.74, 6) is -2.92. The zero-order chi connectivity index (χ0) is 26.3. The van der Waals surface area contributed by atoms with Crippen LogP contribution in [0.25, 0.3) is 0 Å². The molecule has 1 unspecified atom stereocenters. The minimum absolute atomic E-state index is 0.156. The fraction of sp³-hybridized carbons (Fsp3) is 0.536. The number of fused-ring (bicyclic) bond motifs is 2. The molecule has 0 radical (unpaired) electrons. The lowest BCUT2D eigenvalue weighted by Gasteiger charge is -2.39. The molecule has 2 fully saturated rings. The summed E-state index contributed by atoms with van der Waals surface area (Å²) in [5, 5.41) is 10.8. The van der Waals surface area contributed by atoms with Crippen molar-refractivity contribution in [1.82, 2.24) is 4.90 Å². The maximum atomic E-state index is 14.4. The Morgan fingerprint density at radius 2 is 1.95 bits per heavy atom. The molecule has 0 bridgehead atoms. The van der Waals surface area contributed by atoms with Crippen molar-refractivity contribution >= 4 is 35.1 Å². The van der Waals surface area contributed by atoms with Gasteiger partial charge >= 0.3 is 5.97 Å². The van der Waals surface area contributed by atoms with E-state index in [1.165, 1.54) is 4.90 Å². The number of nitrogens with zero attached hydrogens (tertiary/aromatic N) is 2. The molecule has 1 aromatic carbocycles. The summed E-state index contributed by atoms with van der Waals surface area (Å²) in [6.07, 6.45) is 8.55. The van der Waals surface area contributed by atoms with Crippen molar-refractivity contribution in [2.45, 2.75) is 56.9 Å². The molecule has 37 heavy (non-hydrogen) atoms. The molecular formula is C28H33ClN2O6. The molecule has 4 aliphatic rings. The molecule has 2 saturated heterocycles. The van der Waals surface area contributed by atoms with Crippen LogP contribution in [0.1, 0.15) is 33.1 Å². The highest BCUT2D eigenvalue weighted by molar-refractivity contribution is 6.34. The molecule has 5 rings (SSSR count). The number of likely N-dealkylation sites (tertiary alicyclic amines) is 1. The second kappa shape index (κ2) is 10.2. The third kappa shape index (κ3) is 4.29. The van der Waals surface area contributed by atoms with Crippen molar-refractivity contribution in [3.05, 3.63) is 53.6 Å². The second-order valence-electron chi connectivity index (χ2n) is 10.6. The number of anilines is 1. The molecule has 0 saturated carbocycles. The fourth-order valence-electron chi connectivity index (χ4n) is 6.29. The number of cyclic esters (lactones) is 1. The number of allylic oxidation sites excluding steroid dienone is 1. The van der Waals surface area contributed by atoms with Gasteiger partial charge in [-0.15, -0.1) is 0 Å². The first-order valence-electron chi connectivity index (χ1n) is 13.0. The van der Waals surface area contributed by atoms with Crippen LogP contribution >= 0.6 is 11.6 Å². The third-order valence-corrected chi connectivity index (χ3v) is 8.10. The number of esters is 1. The minimum Gasteiger partial charge on any atom is -0.465 e. The predicted octanol–water partition coefficient (Wildman–Crippen LogP) is 3.12. The molecule has 8 nitrogen and oxygen atoms in total. The van der Waals surface area contributed by atoms with E-state index in [9.17, 15) is 19.5 Å². The summed E-state index contributed by atoms with van der Waals surface area (Å²) in [6, 6.07) is 5.36. The summed E-state index contributed by atoms with van der Waals surface area (Å²) in [4.78, 5) is 45.0. The van der Waals surface area contributed by atoms with E-state index in [1.807, 2.05) is 32.1 Å². The molecule has 1 N–H and O–H groups in total. The number of carbonyl (C=O) groups excluding carboxylic acids is 3. The maximum absolute atomic E-state index is 14.4. The molecule has 1 spiro atoms. The minimum atomic E-state index is -1.38. The van der Waals surface area contributed by atoms with Crippen molar-refractivity contribution in [3.63, 3.8) is 0 Å². The van der Waals surface area contributed by atoms with Gasteiger partial charge in [-0.05, 0) is 37.3 Å². The van der Waals surface area contributed by atoms with Crippen LogP contribution in [0.5, 0.6) is 0 Å². The Hall–Kier alpha value is -2.68. The highest BCUT2D eigenvalue weighted by Gasteiger charge is 2.72. The van der Waals surface area contributed by atoms with Gasteiger partial charge in [0, 0.05) is 6.54 Å². The van der Waals surface area contributed by atoms with E-state index in [4.69, 9.17) is 21.1 Å². The molecule has 0 aromatic heterocycles. The van der Waals surface area contributed by atoms with Gasteiger partial charge in [0.05, 0.1) is 42.0 Å². The van der Waals surface area contributed by atoms with Crippen LogP contribution in [0.15, 0.2) is 48.6 Å². The number of ether oxygens (including phenoxy) is 2. The van der Waals surface area contributed by atoms with Crippen LogP contribution in [0.4, 0.5) is 5.69 Å². The van der Waals surface area contributed by atoms with Gasteiger partial charge in [0.25, 0.3) is 5.91 Å². The van der Waals surface area contributed by atoms with Crippen molar-refractivity contribution in [2.24, 2.45) is 17.8 Å². The van der Waals surface area contributed by atoms with Crippen LogP contribution in [0.2, 0.25) is 5.02 Å². The van der Waals surface area contributed by atoms with Crippen LogP contribution in [0, 0.1) is 17.8 Å². The number of benzene rings is 1. The number of amides is 2. The quantitative estimate of drug-likeness (QED) is 0.466. The van der Waals surface area contributed by atoms with E-state index >= 15 is 0 Å². The maximum Gasteiger partial charge on any atom is 0.312 e. The first-order chi connectivity index (χ1) is 17.8. The number of hydrogen-bond acceptors (Lipinski definition) is 6. The van der Waals surface area contributed by atoms with Gasteiger partial charge in [0.1, 0.15) is 17.6 Å². The lowest BCUT2D eigenvalue weighted by Crippen LogP contribution is -2.58. The monoisotopic (exact) mass is 528 g/mol. The van der Waals surface area contributed by atoms with E-state index in [-0.39, 0.29) is 37.5 Å². The zero-order valence-electron chi connectivity index (χ0n) is 21.1. The van der Waals surface area contributed by atoms with Gasteiger partial charge in [-0.25, -0.2) is 0 Å². The standard InChI is InChI=1S/C28H33ClN2O6/c1-17(2)15-18(16-32)31-24-26(34)30(20-10-6-5-9-19(20)29)13-8-12-28(24)23(25(31)33)22-21(37-28)11-4-3-7-14-36-27(22)35/h4-6,8-12,17-18,21-24,32H,3,7,13-16H2,1-2H3/b11-4-/t18-,21+,22-,23+,24?,28+/m1/s1. The van der Waals surface area contributed by atoms with E-state index in [0.717, 1.165) is 6.42 Å². The molecule has 9 heteroatoms. The molecule has 198 valence electrons. The fourth-order valence-corrected chi connectivity index (χ4v) is 6.53. The number of carbonyl (C=O) groups is 3. The zero-order valence-corrected chi connectivity index (χ0v) is 21.8. The van der Waals surface area contributed by atoms with Crippen molar-refractivity contribution in [1.29, 1.82) is 0 Å². The molecule has 1 aromatic rings. The molecule has 4 heterocycles. The van der Waals surface area contributed by atoms with Crippen LogP contribution in [-0.2, 0) is 23.9 Å². The Labute approximate surface area is 221 Å². The van der Waals surface area contributed by atoms with Crippen molar-refractivity contribution in [2.75, 3.05) is 24.7 Å². The van der Waals surface area contributed by atoms with Gasteiger partial charge < -0.3 is 24.4 Å². The lowest BCUT2D eigenvalue weighted by molar-refractivity contribution is -0.155. The topological polar surface area (TPSA) is 96.4 Å². The molecule has 0 aliphatic carbocycles. The third-order valence-electron chi connectivity index (χ3n) is 7.78. The first kappa shape index (κ1) is 25.9. The Morgan fingerprint density at radius 3 is 2.68 bits per heavy atom. The molecule has 2 amide bonds. The van der Waals surface area contributed by atoms with Gasteiger partial charge in [-0.2, -0.15) is 0 Å². The van der Waals surface area contributed by atoms with Crippen molar-refractivity contribution in [3.8, 4) is 0 Å². The smallest absolute Gasteiger partial charge is 0.312 e. The summed E-state index contributed by atoms with van der Waals surface area (Å²) < 4.78 is 12.2. The number of halogens is 1. The Morgan fingerprint density at radius 1 is 1.16 bits per heavy atom. The molecule has 6 atom stereocenters. The Bertz CT molecular complexity index is 1140. The summed E-state index contributed by atoms with van der Waals surface area (Å²) in [6.45, 7) is 4.16. The number of aliphatic hydroxyl groups excluding tert-OH is 1.